The van der Waals surface area contributed by atoms with Gasteiger partial charge in [-0.15, -0.1) is 0 Å². The van der Waals surface area contributed by atoms with Crippen LogP contribution in [0.5, 0.6) is 5.88 Å². The number of aromatic nitrogens is 2. The molecule has 0 aromatic carbocycles. The molecule has 2 amide bonds. The number of carbonyl (C=O) groups is 2. The molecule has 1 unspecified atom stereocenters. The molecule has 1 saturated heterocycles. The van der Waals surface area contributed by atoms with Crippen LogP contribution in [-0.2, 0) is 9.59 Å². The third-order valence-electron chi connectivity index (χ3n) is 3.90. The Hall–Kier alpha value is -2.38. The van der Waals surface area contributed by atoms with Crippen LogP contribution in [0, 0.1) is 5.92 Å². The maximum absolute atomic E-state index is 12.6. The summed E-state index contributed by atoms with van der Waals surface area (Å²) in [6.07, 6.45) is 2.96. The summed E-state index contributed by atoms with van der Waals surface area (Å²) >= 11 is 0. The Morgan fingerprint density at radius 3 is 2.74 bits per heavy atom. The van der Waals surface area contributed by atoms with Gasteiger partial charge in [0.2, 0.25) is 17.7 Å². The maximum atomic E-state index is 12.6. The summed E-state index contributed by atoms with van der Waals surface area (Å²) in [7, 11) is 5.15. The topological polar surface area (TPSA) is 87.7 Å². The Bertz CT molecular complexity index is 590. The summed E-state index contributed by atoms with van der Waals surface area (Å²) in [4.78, 5) is 35.8. The average molecular weight is 321 g/mol. The first-order chi connectivity index (χ1) is 10.9. The van der Waals surface area contributed by atoms with Crippen molar-refractivity contribution in [2.75, 3.05) is 44.5 Å². The fourth-order valence-corrected chi connectivity index (χ4v) is 2.67. The molecule has 1 fully saturated rings. The van der Waals surface area contributed by atoms with E-state index in [0.29, 0.717) is 30.5 Å². The van der Waals surface area contributed by atoms with Crippen LogP contribution in [0.15, 0.2) is 6.33 Å². The van der Waals surface area contributed by atoms with Crippen molar-refractivity contribution < 1.29 is 14.3 Å². The number of amides is 2. The van der Waals surface area contributed by atoms with Crippen LogP contribution in [0.4, 0.5) is 11.5 Å². The minimum atomic E-state index is -0.243. The third-order valence-corrected chi connectivity index (χ3v) is 3.90. The number of rotatable bonds is 4. The Kier molecular flexibility index (Phi) is 5.36. The van der Waals surface area contributed by atoms with E-state index in [9.17, 15) is 9.59 Å². The second-order valence-corrected chi connectivity index (χ2v) is 5.77. The van der Waals surface area contributed by atoms with Crippen molar-refractivity contribution in [3.05, 3.63) is 6.33 Å². The van der Waals surface area contributed by atoms with Crippen LogP contribution in [0.2, 0.25) is 0 Å². The summed E-state index contributed by atoms with van der Waals surface area (Å²) in [5, 5.41) is 2.87. The molecular formula is C15H23N5O3. The molecule has 2 heterocycles. The van der Waals surface area contributed by atoms with Crippen LogP contribution in [-0.4, -0.2) is 61.0 Å². The monoisotopic (exact) mass is 321 g/mol. The zero-order valence-electron chi connectivity index (χ0n) is 14.0. The lowest BCUT2D eigenvalue weighted by Gasteiger charge is -2.31. The molecule has 8 heteroatoms. The van der Waals surface area contributed by atoms with E-state index >= 15 is 0 Å². The van der Waals surface area contributed by atoms with Gasteiger partial charge in [0, 0.05) is 34.1 Å². The molecule has 0 spiro atoms. The zero-order chi connectivity index (χ0) is 17.0. The Morgan fingerprint density at radius 2 is 2.13 bits per heavy atom. The van der Waals surface area contributed by atoms with Crippen molar-refractivity contribution in [3.8, 4) is 5.88 Å². The molecule has 1 aliphatic rings. The molecule has 1 aromatic rings. The minimum absolute atomic E-state index is 0.00268. The molecular weight excluding hydrogens is 298 g/mol. The molecule has 0 radical (unpaired) electrons. The molecule has 126 valence electrons. The highest BCUT2D eigenvalue weighted by molar-refractivity contribution is 5.97. The number of anilines is 2. The van der Waals surface area contributed by atoms with Gasteiger partial charge < -0.3 is 19.9 Å². The van der Waals surface area contributed by atoms with E-state index in [1.54, 1.807) is 9.80 Å². The summed E-state index contributed by atoms with van der Waals surface area (Å²) in [6, 6.07) is 0. The van der Waals surface area contributed by atoms with Gasteiger partial charge in [0.25, 0.3) is 0 Å². The van der Waals surface area contributed by atoms with Gasteiger partial charge in [-0.05, 0) is 12.8 Å². The van der Waals surface area contributed by atoms with Crippen molar-refractivity contribution in [2.45, 2.75) is 19.8 Å². The van der Waals surface area contributed by atoms with Gasteiger partial charge in [-0.25, -0.2) is 4.98 Å². The van der Waals surface area contributed by atoms with Crippen LogP contribution in [0.3, 0.4) is 0 Å². The Balaban J connectivity index is 2.18. The van der Waals surface area contributed by atoms with E-state index in [-0.39, 0.29) is 17.7 Å². The number of carbonyl (C=O) groups excluding carboxylic acids is 2. The number of piperidine rings is 1. The fourth-order valence-electron chi connectivity index (χ4n) is 2.67. The normalized spacial score (nSPS) is 17.6. The summed E-state index contributed by atoms with van der Waals surface area (Å²) in [5.41, 5.74) is 0.449. The Labute approximate surface area is 135 Å². The number of methoxy groups -OCH3 is 1. The van der Waals surface area contributed by atoms with Crippen LogP contribution in [0.1, 0.15) is 19.8 Å². The van der Waals surface area contributed by atoms with Crippen LogP contribution < -0.4 is 15.0 Å². The molecule has 2 rings (SSSR count). The lowest BCUT2D eigenvalue weighted by atomic mass is 9.97. The average Bonchev–Trinajstić information content (AvgIpc) is 2.54. The van der Waals surface area contributed by atoms with E-state index in [1.807, 2.05) is 14.1 Å². The molecule has 1 aliphatic heterocycles. The molecule has 8 nitrogen and oxygen atoms in total. The first kappa shape index (κ1) is 17.0. The number of hydrogen-bond acceptors (Lipinski definition) is 6. The quantitative estimate of drug-likeness (QED) is 0.880. The van der Waals surface area contributed by atoms with Crippen LogP contribution in [0.25, 0.3) is 0 Å². The summed E-state index contributed by atoms with van der Waals surface area (Å²) in [5.74, 6) is 0.498. The van der Waals surface area contributed by atoms with E-state index < -0.39 is 0 Å². The molecule has 23 heavy (non-hydrogen) atoms. The standard InChI is InChI=1S/C15H23N5O3/c1-10(21)20-7-5-6-11(8-20)14(22)18-12-13(19(2)3)16-9-17-15(12)23-4/h9,11H,5-8H2,1-4H3,(H,18,22). The van der Waals surface area contributed by atoms with Gasteiger partial charge in [0.05, 0.1) is 13.0 Å². The highest BCUT2D eigenvalue weighted by atomic mass is 16.5. The number of nitrogens with one attached hydrogen (secondary N) is 1. The van der Waals surface area contributed by atoms with Gasteiger partial charge >= 0.3 is 0 Å². The minimum Gasteiger partial charge on any atom is -0.479 e. The van der Waals surface area contributed by atoms with Crippen molar-refractivity contribution >= 4 is 23.3 Å². The number of ether oxygens (including phenoxy) is 1. The van der Waals surface area contributed by atoms with Crippen molar-refractivity contribution in [3.63, 3.8) is 0 Å². The molecule has 0 aliphatic carbocycles. The van der Waals surface area contributed by atoms with Gasteiger partial charge in [0.1, 0.15) is 12.0 Å². The first-order valence-electron chi connectivity index (χ1n) is 7.56. The molecule has 0 saturated carbocycles. The van der Waals surface area contributed by atoms with Crippen molar-refractivity contribution in [2.24, 2.45) is 5.92 Å². The second kappa shape index (κ2) is 7.26. The van der Waals surface area contributed by atoms with Gasteiger partial charge in [-0.2, -0.15) is 4.98 Å². The van der Waals surface area contributed by atoms with Crippen LogP contribution >= 0.6 is 0 Å². The molecule has 1 aromatic heterocycles. The maximum Gasteiger partial charge on any atom is 0.242 e. The lowest BCUT2D eigenvalue weighted by molar-refractivity contribution is -0.132. The fraction of sp³-hybridized carbons (Fsp3) is 0.600. The van der Waals surface area contributed by atoms with E-state index in [2.05, 4.69) is 15.3 Å². The number of hydrogen-bond donors (Lipinski definition) is 1. The van der Waals surface area contributed by atoms with Crippen molar-refractivity contribution in [1.29, 1.82) is 0 Å². The highest BCUT2D eigenvalue weighted by Crippen LogP contribution is 2.31. The first-order valence-corrected chi connectivity index (χ1v) is 7.56. The van der Waals surface area contributed by atoms with Crippen molar-refractivity contribution in [1.82, 2.24) is 14.9 Å². The number of likely N-dealkylation sites (tertiary alicyclic amines) is 1. The summed E-state index contributed by atoms with van der Waals surface area (Å²) in [6.45, 7) is 2.67. The largest absolute Gasteiger partial charge is 0.479 e. The smallest absolute Gasteiger partial charge is 0.242 e. The lowest BCUT2D eigenvalue weighted by Crippen LogP contribution is -2.43. The zero-order valence-corrected chi connectivity index (χ0v) is 14.0. The Morgan fingerprint density at radius 1 is 1.39 bits per heavy atom. The molecule has 1 atom stereocenters. The second-order valence-electron chi connectivity index (χ2n) is 5.77. The molecule has 0 bridgehead atoms. The van der Waals surface area contributed by atoms with Gasteiger partial charge in [0.15, 0.2) is 5.82 Å². The highest BCUT2D eigenvalue weighted by Gasteiger charge is 2.28. The molecule has 1 N–H and O–H groups in total. The SMILES string of the molecule is COc1ncnc(N(C)C)c1NC(=O)C1CCCN(C(C)=O)C1. The number of nitrogens with zero attached hydrogens (tertiary/aromatic N) is 4. The summed E-state index contributed by atoms with van der Waals surface area (Å²) < 4.78 is 5.23. The van der Waals surface area contributed by atoms with E-state index in [4.69, 9.17) is 4.74 Å². The van der Waals surface area contributed by atoms with Gasteiger partial charge in [-0.1, -0.05) is 0 Å². The predicted octanol–water partition coefficient (Wildman–Crippen LogP) is 0.748. The third kappa shape index (κ3) is 3.88. The van der Waals surface area contributed by atoms with E-state index in [1.165, 1.54) is 20.4 Å². The predicted molar refractivity (Wildman–Crippen MR) is 86.5 cm³/mol. The van der Waals surface area contributed by atoms with E-state index in [0.717, 1.165) is 12.8 Å². The van der Waals surface area contributed by atoms with Gasteiger partial charge in [-0.3, -0.25) is 9.59 Å².